The number of rotatable bonds is 3. The van der Waals surface area contributed by atoms with Gasteiger partial charge in [0.2, 0.25) is 0 Å². The van der Waals surface area contributed by atoms with Crippen molar-refractivity contribution in [3.63, 3.8) is 0 Å². The molecule has 0 amide bonds. The van der Waals surface area contributed by atoms with E-state index in [1.807, 2.05) is 12.3 Å². The number of pyridine rings is 1. The van der Waals surface area contributed by atoms with Crippen LogP contribution in [0.5, 0.6) is 0 Å². The molecule has 17 heavy (non-hydrogen) atoms. The van der Waals surface area contributed by atoms with E-state index in [1.54, 1.807) is 6.20 Å². The van der Waals surface area contributed by atoms with Crippen LogP contribution in [-0.2, 0) is 0 Å². The van der Waals surface area contributed by atoms with Gasteiger partial charge in [-0.2, -0.15) is 0 Å². The number of hydrogen-bond acceptors (Lipinski definition) is 2. The molecule has 1 unspecified atom stereocenters. The zero-order valence-corrected chi connectivity index (χ0v) is 11.5. The van der Waals surface area contributed by atoms with Gasteiger partial charge in [-0.1, -0.05) is 24.3 Å². The average molecular weight is 291 g/mol. The third-order valence-corrected chi connectivity index (χ3v) is 3.18. The van der Waals surface area contributed by atoms with Crippen LogP contribution in [0, 0.1) is 6.92 Å². The van der Waals surface area contributed by atoms with Gasteiger partial charge < -0.3 is 5.32 Å². The molecule has 0 bridgehead atoms. The van der Waals surface area contributed by atoms with Gasteiger partial charge in [-0.05, 0) is 47.0 Å². The normalized spacial score (nSPS) is 12.2. The van der Waals surface area contributed by atoms with Crippen molar-refractivity contribution in [1.29, 1.82) is 0 Å². The summed E-state index contributed by atoms with van der Waals surface area (Å²) in [4.78, 5) is 4.14. The fraction of sp³-hybridized carbons (Fsp3) is 0.214. The maximum Gasteiger partial charge on any atom is 0.0542 e. The molecule has 0 saturated heterocycles. The maximum absolute atomic E-state index is 4.14. The van der Waals surface area contributed by atoms with E-state index in [-0.39, 0.29) is 6.04 Å². The van der Waals surface area contributed by atoms with Crippen LogP contribution in [0.1, 0.15) is 24.1 Å². The number of anilines is 1. The molecule has 0 radical (unpaired) electrons. The third kappa shape index (κ3) is 3.07. The Bertz CT molecular complexity index is 511. The molecule has 1 heterocycles. The summed E-state index contributed by atoms with van der Waals surface area (Å²) >= 11 is 3.42. The highest BCUT2D eigenvalue weighted by atomic mass is 79.9. The van der Waals surface area contributed by atoms with Gasteiger partial charge in [0, 0.05) is 16.7 Å². The van der Waals surface area contributed by atoms with Crippen LogP contribution in [0.4, 0.5) is 5.69 Å². The molecular weight excluding hydrogens is 276 g/mol. The first-order chi connectivity index (χ1) is 8.16. The van der Waals surface area contributed by atoms with Crippen LogP contribution in [0.15, 0.2) is 47.2 Å². The lowest BCUT2D eigenvalue weighted by atomic mass is 10.0. The van der Waals surface area contributed by atoms with Gasteiger partial charge in [0.05, 0.1) is 11.9 Å². The first-order valence-corrected chi connectivity index (χ1v) is 6.39. The molecule has 0 saturated carbocycles. The number of nitrogens with one attached hydrogen (secondary N) is 1. The molecular formula is C14H15BrN2. The lowest BCUT2D eigenvalue weighted by Gasteiger charge is -2.17. The highest BCUT2D eigenvalue weighted by Crippen LogP contribution is 2.22. The summed E-state index contributed by atoms with van der Waals surface area (Å²) in [6, 6.07) is 10.7. The van der Waals surface area contributed by atoms with Gasteiger partial charge in [0.15, 0.2) is 0 Å². The van der Waals surface area contributed by atoms with E-state index in [1.165, 1.54) is 11.1 Å². The maximum atomic E-state index is 4.14. The SMILES string of the molecule is Cc1ccccc1C(C)Nc1cncc(Br)c1. The van der Waals surface area contributed by atoms with Crippen molar-refractivity contribution in [3.8, 4) is 0 Å². The quantitative estimate of drug-likeness (QED) is 0.910. The molecule has 88 valence electrons. The predicted octanol–water partition coefficient (Wildman–Crippen LogP) is 4.33. The molecule has 2 nitrogen and oxygen atoms in total. The van der Waals surface area contributed by atoms with E-state index >= 15 is 0 Å². The summed E-state index contributed by atoms with van der Waals surface area (Å²) in [7, 11) is 0. The second-order valence-electron chi connectivity index (χ2n) is 4.11. The third-order valence-electron chi connectivity index (χ3n) is 2.74. The lowest BCUT2D eigenvalue weighted by molar-refractivity contribution is 0.872. The molecule has 3 heteroatoms. The Morgan fingerprint density at radius 1 is 1.24 bits per heavy atom. The van der Waals surface area contributed by atoms with Gasteiger partial charge in [0.1, 0.15) is 0 Å². The number of aryl methyl sites for hydroxylation is 1. The number of hydrogen-bond donors (Lipinski definition) is 1. The molecule has 1 atom stereocenters. The Hall–Kier alpha value is -1.35. The van der Waals surface area contributed by atoms with Crippen LogP contribution < -0.4 is 5.32 Å². The summed E-state index contributed by atoms with van der Waals surface area (Å²) in [5.74, 6) is 0. The minimum Gasteiger partial charge on any atom is -0.377 e. The van der Waals surface area contributed by atoms with Gasteiger partial charge in [-0.25, -0.2) is 0 Å². The molecule has 1 aromatic carbocycles. The summed E-state index contributed by atoms with van der Waals surface area (Å²) < 4.78 is 0.986. The topological polar surface area (TPSA) is 24.9 Å². The van der Waals surface area contributed by atoms with E-state index in [2.05, 4.69) is 64.3 Å². The van der Waals surface area contributed by atoms with E-state index in [4.69, 9.17) is 0 Å². The van der Waals surface area contributed by atoms with Gasteiger partial charge in [-0.3, -0.25) is 4.98 Å². The Morgan fingerprint density at radius 2 is 2.00 bits per heavy atom. The van der Waals surface area contributed by atoms with E-state index < -0.39 is 0 Å². The first-order valence-electron chi connectivity index (χ1n) is 5.59. The van der Waals surface area contributed by atoms with E-state index in [0.717, 1.165) is 10.2 Å². The summed E-state index contributed by atoms with van der Waals surface area (Å²) in [5, 5.41) is 3.45. The van der Waals surface area contributed by atoms with E-state index in [9.17, 15) is 0 Å². The Kier molecular flexibility index (Phi) is 3.79. The highest BCUT2D eigenvalue weighted by Gasteiger charge is 2.07. The molecule has 1 aromatic heterocycles. The van der Waals surface area contributed by atoms with E-state index in [0.29, 0.717) is 0 Å². The van der Waals surface area contributed by atoms with Crippen LogP contribution in [0.3, 0.4) is 0 Å². The van der Waals surface area contributed by atoms with Gasteiger partial charge in [0.25, 0.3) is 0 Å². The molecule has 0 fully saturated rings. The number of aromatic nitrogens is 1. The average Bonchev–Trinajstić information content (AvgIpc) is 2.29. The number of benzene rings is 1. The van der Waals surface area contributed by atoms with Crippen LogP contribution in [0.25, 0.3) is 0 Å². The number of nitrogens with zero attached hydrogens (tertiary/aromatic N) is 1. The molecule has 2 rings (SSSR count). The van der Waals surface area contributed by atoms with Crippen molar-refractivity contribution in [2.75, 3.05) is 5.32 Å². The predicted molar refractivity (Wildman–Crippen MR) is 75.2 cm³/mol. The van der Waals surface area contributed by atoms with Crippen molar-refractivity contribution in [1.82, 2.24) is 4.98 Å². The molecule has 0 aliphatic rings. The van der Waals surface area contributed by atoms with Crippen molar-refractivity contribution < 1.29 is 0 Å². The fourth-order valence-electron chi connectivity index (χ4n) is 1.89. The summed E-state index contributed by atoms with van der Waals surface area (Å²) in [6.07, 6.45) is 3.61. The lowest BCUT2D eigenvalue weighted by Crippen LogP contribution is -2.08. The molecule has 2 aromatic rings. The van der Waals surface area contributed by atoms with Crippen molar-refractivity contribution >= 4 is 21.6 Å². The van der Waals surface area contributed by atoms with Crippen molar-refractivity contribution in [2.45, 2.75) is 19.9 Å². The monoisotopic (exact) mass is 290 g/mol. The zero-order valence-electron chi connectivity index (χ0n) is 9.94. The molecule has 0 spiro atoms. The smallest absolute Gasteiger partial charge is 0.0542 e. The zero-order chi connectivity index (χ0) is 12.3. The fourth-order valence-corrected chi connectivity index (χ4v) is 2.26. The van der Waals surface area contributed by atoms with Crippen LogP contribution in [-0.4, -0.2) is 4.98 Å². The standard InChI is InChI=1S/C14H15BrN2/c1-10-5-3-4-6-14(10)11(2)17-13-7-12(15)8-16-9-13/h3-9,11,17H,1-2H3. The molecule has 0 aliphatic carbocycles. The Labute approximate surface area is 110 Å². The second-order valence-corrected chi connectivity index (χ2v) is 5.03. The minimum atomic E-state index is 0.271. The highest BCUT2D eigenvalue weighted by molar-refractivity contribution is 9.10. The summed E-state index contributed by atoms with van der Waals surface area (Å²) in [6.45, 7) is 4.29. The number of halogens is 1. The first kappa shape index (κ1) is 12.1. The Morgan fingerprint density at radius 3 is 2.71 bits per heavy atom. The van der Waals surface area contributed by atoms with Crippen molar-refractivity contribution in [3.05, 3.63) is 58.3 Å². The van der Waals surface area contributed by atoms with Crippen molar-refractivity contribution in [2.24, 2.45) is 0 Å². The summed E-state index contributed by atoms with van der Waals surface area (Å²) in [5.41, 5.74) is 3.64. The van der Waals surface area contributed by atoms with Gasteiger partial charge in [-0.15, -0.1) is 0 Å². The minimum absolute atomic E-state index is 0.271. The molecule has 0 aliphatic heterocycles. The Balaban J connectivity index is 2.17. The largest absolute Gasteiger partial charge is 0.377 e. The van der Waals surface area contributed by atoms with Crippen LogP contribution >= 0.6 is 15.9 Å². The second kappa shape index (κ2) is 5.32. The van der Waals surface area contributed by atoms with Crippen LogP contribution in [0.2, 0.25) is 0 Å². The van der Waals surface area contributed by atoms with Gasteiger partial charge >= 0.3 is 0 Å². The molecule has 1 N–H and O–H groups in total.